The number of carbonyl (C=O) groups is 1. The van der Waals surface area contributed by atoms with Crippen molar-refractivity contribution in [2.24, 2.45) is 4.99 Å². The molecule has 3 heterocycles. The number of nitrogens with one attached hydrogen (secondary N) is 1. The van der Waals surface area contributed by atoms with Crippen LogP contribution in [0.3, 0.4) is 0 Å². The lowest BCUT2D eigenvalue weighted by Crippen LogP contribution is -2.38. The minimum absolute atomic E-state index is 0.00287. The van der Waals surface area contributed by atoms with Crippen molar-refractivity contribution in [2.75, 3.05) is 0 Å². The van der Waals surface area contributed by atoms with E-state index in [4.69, 9.17) is 9.83 Å². The fourth-order valence-electron chi connectivity index (χ4n) is 2.47. The van der Waals surface area contributed by atoms with Crippen molar-refractivity contribution in [1.82, 2.24) is 4.90 Å². The zero-order valence-corrected chi connectivity index (χ0v) is 14.9. The first-order chi connectivity index (χ1) is 12.0. The van der Waals surface area contributed by atoms with Crippen LogP contribution in [0.25, 0.3) is 11.8 Å². The number of aliphatic imine (C=N–C) groups is 1. The molecule has 1 N–H and O–H groups in total. The third-order valence-corrected chi connectivity index (χ3v) is 4.89. The van der Waals surface area contributed by atoms with Gasteiger partial charge in [0.25, 0.3) is 5.91 Å². The molecular weight excluding hydrogens is 409 g/mol. The predicted molar refractivity (Wildman–Crippen MR) is 98.4 cm³/mol. The highest BCUT2D eigenvalue weighted by Gasteiger charge is 2.36. The summed E-state index contributed by atoms with van der Waals surface area (Å²) in [5.74, 6) is -0.386. The Balaban J connectivity index is 1.74. The first-order valence-corrected chi connectivity index (χ1v) is 8.82. The number of furan rings is 1. The topological polar surface area (TPSA) is 69.7 Å². The van der Waals surface area contributed by atoms with Crippen LogP contribution in [-0.2, 0) is 4.79 Å². The number of nitrogens with zero attached hydrogens (tertiary/aromatic N) is 2. The largest absolute Gasteiger partial charge is 0.450 e. The van der Waals surface area contributed by atoms with Gasteiger partial charge in [-0.25, -0.2) is 4.39 Å². The van der Waals surface area contributed by atoms with Crippen LogP contribution in [-0.4, -0.2) is 21.8 Å². The number of amides is 1. The Morgan fingerprint density at radius 1 is 1.24 bits per heavy atom. The number of hydrogen-bond donors (Lipinski definition) is 1. The van der Waals surface area contributed by atoms with Gasteiger partial charge in [0, 0.05) is 5.41 Å². The number of halogens is 2. The van der Waals surface area contributed by atoms with Crippen molar-refractivity contribution in [2.45, 2.75) is 0 Å². The molecule has 1 amide bonds. The van der Waals surface area contributed by atoms with E-state index in [-0.39, 0.29) is 17.2 Å². The summed E-state index contributed by atoms with van der Waals surface area (Å²) in [6.07, 6.45) is 1.49. The van der Waals surface area contributed by atoms with E-state index in [1.165, 1.54) is 30.0 Å². The van der Waals surface area contributed by atoms with Crippen molar-refractivity contribution in [3.05, 3.63) is 69.2 Å². The molecular formula is C17H9BrFN3O2S. The lowest BCUT2D eigenvalue weighted by atomic mass is 10.1. The maximum Gasteiger partial charge on any atom is 0.283 e. The zero-order chi connectivity index (χ0) is 17.6. The Hall–Kier alpha value is -2.45. The van der Waals surface area contributed by atoms with Gasteiger partial charge >= 0.3 is 0 Å². The Morgan fingerprint density at radius 2 is 2.00 bits per heavy atom. The molecule has 0 fully saturated rings. The summed E-state index contributed by atoms with van der Waals surface area (Å²) in [6.45, 7) is 0. The average Bonchev–Trinajstić information content (AvgIpc) is 3.18. The van der Waals surface area contributed by atoms with E-state index >= 15 is 0 Å². The van der Waals surface area contributed by atoms with E-state index in [9.17, 15) is 9.18 Å². The van der Waals surface area contributed by atoms with Crippen molar-refractivity contribution < 1.29 is 13.6 Å². The molecule has 25 heavy (non-hydrogen) atoms. The van der Waals surface area contributed by atoms with Gasteiger partial charge in [0.2, 0.25) is 0 Å². The lowest BCUT2D eigenvalue weighted by molar-refractivity contribution is -0.114. The van der Waals surface area contributed by atoms with Crippen LogP contribution >= 0.6 is 27.7 Å². The molecule has 0 atom stereocenters. The summed E-state index contributed by atoms with van der Waals surface area (Å²) in [5.41, 5.74) is 1.53. The highest BCUT2D eigenvalue weighted by Crippen LogP contribution is 2.37. The molecule has 2 aliphatic rings. The molecule has 0 saturated heterocycles. The number of amidine groups is 2. The molecule has 1 aromatic carbocycles. The quantitative estimate of drug-likeness (QED) is 0.730. The summed E-state index contributed by atoms with van der Waals surface area (Å²) in [4.78, 5) is 17.9. The summed E-state index contributed by atoms with van der Waals surface area (Å²) in [5, 5.41) is 10.7. The number of hydrogen-bond acceptors (Lipinski definition) is 4. The van der Waals surface area contributed by atoms with Gasteiger partial charge in [-0.15, -0.1) is 0 Å². The molecule has 0 bridgehead atoms. The maximum atomic E-state index is 13.2. The van der Waals surface area contributed by atoms with Gasteiger partial charge in [-0.3, -0.25) is 15.1 Å². The molecule has 2 aliphatic heterocycles. The number of thioether (sulfide) groups is 1. The molecule has 0 aliphatic carbocycles. The van der Waals surface area contributed by atoms with E-state index in [2.05, 4.69) is 20.9 Å². The fourth-order valence-corrected chi connectivity index (χ4v) is 3.68. The van der Waals surface area contributed by atoms with Crippen molar-refractivity contribution >= 4 is 56.4 Å². The first-order valence-electron chi connectivity index (χ1n) is 7.15. The second kappa shape index (κ2) is 6.12. The fraction of sp³-hybridized carbons (Fsp3) is 0. The number of carbonyl (C=O) groups excluding carboxylic acids is 1. The Morgan fingerprint density at radius 3 is 2.68 bits per heavy atom. The van der Waals surface area contributed by atoms with Crippen LogP contribution in [0, 0.1) is 11.2 Å². The minimum Gasteiger partial charge on any atom is -0.450 e. The molecule has 0 saturated carbocycles. The highest BCUT2D eigenvalue weighted by molar-refractivity contribution is 9.10. The standard InChI is InChI=1S/C17H9BrFN3O2S/c18-14-6-5-11(24-14)7-12-15(20)22-13(8-25-17(22)21-16(12)23)9-1-3-10(19)4-2-9/h1-8,20H/b12-7-,20-15?. The average molecular weight is 418 g/mol. The Kier molecular flexibility index (Phi) is 3.93. The van der Waals surface area contributed by atoms with Crippen molar-refractivity contribution in [3.8, 4) is 0 Å². The molecule has 1 aromatic heterocycles. The van der Waals surface area contributed by atoms with E-state index < -0.39 is 5.91 Å². The zero-order valence-electron chi connectivity index (χ0n) is 12.5. The van der Waals surface area contributed by atoms with E-state index in [0.717, 1.165) is 5.56 Å². The van der Waals surface area contributed by atoms with Crippen molar-refractivity contribution in [3.63, 3.8) is 0 Å². The van der Waals surface area contributed by atoms with Gasteiger partial charge in [0.1, 0.15) is 17.4 Å². The normalized spacial score (nSPS) is 18.5. The number of rotatable bonds is 2. The van der Waals surface area contributed by atoms with Gasteiger partial charge < -0.3 is 4.42 Å². The molecule has 5 nitrogen and oxygen atoms in total. The third-order valence-electron chi connectivity index (χ3n) is 3.64. The molecule has 8 heteroatoms. The SMILES string of the molecule is N=C1/C(=C/c2ccc(Br)o2)C(=O)N=C2SC=C(c3ccc(F)cc3)N12. The summed E-state index contributed by atoms with van der Waals surface area (Å²) < 4.78 is 19.1. The lowest BCUT2D eigenvalue weighted by Gasteiger charge is -2.26. The van der Waals surface area contributed by atoms with Crippen LogP contribution in [0.2, 0.25) is 0 Å². The molecule has 124 valence electrons. The van der Waals surface area contributed by atoms with Crippen molar-refractivity contribution in [1.29, 1.82) is 5.41 Å². The van der Waals surface area contributed by atoms with Gasteiger partial charge in [-0.05, 0) is 64.0 Å². The van der Waals surface area contributed by atoms with E-state index in [1.807, 2.05) is 0 Å². The van der Waals surface area contributed by atoms with E-state index in [0.29, 0.717) is 21.3 Å². The van der Waals surface area contributed by atoms with E-state index in [1.54, 1.807) is 34.6 Å². The second-order valence-corrected chi connectivity index (χ2v) is 6.83. The highest BCUT2D eigenvalue weighted by atomic mass is 79.9. The van der Waals surface area contributed by atoms with Crippen LogP contribution in [0.15, 0.2) is 61.5 Å². The first kappa shape index (κ1) is 16.0. The van der Waals surface area contributed by atoms with Gasteiger partial charge in [-0.1, -0.05) is 11.8 Å². The number of fused-ring (bicyclic) bond motifs is 1. The smallest absolute Gasteiger partial charge is 0.283 e. The summed E-state index contributed by atoms with van der Waals surface area (Å²) in [7, 11) is 0. The molecule has 0 radical (unpaired) electrons. The molecule has 4 rings (SSSR count). The van der Waals surface area contributed by atoms with Crippen LogP contribution < -0.4 is 0 Å². The summed E-state index contributed by atoms with van der Waals surface area (Å²) >= 11 is 4.46. The molecule has 0 unspecified atom stereocenters. The predicted octanol–water partition coefficient (Wildman–Crippen LogP) is 4.49. The third kappa shape index (κ3) is 2.87. The number of benzene rings is 1. The summed E-state index contributed by atoms with van der Waals surface area (Å²) in [6, 6.07) is 9.35. The van der Waals surface area contributed by atoms with Gasteiger partial charge in [0.05, 0.1) is 11.3 Å². The molecule has 2 aromatic rings. The Bertz CT molecular complexity index is 992. The van der Waals surface area contributed by atoms with Crippen LogP contribution in [0.1, 0.15) is 11.3 Å². The van der Waals surface area contributed by atoms with Crippen LogP contribution in [0.4, 0.5) is 4.39 Å². The monoisotopic (exact) mass is 417 g/mol. The minimum atomic E-state index is -0.495. The molecule has 0 spiro atoms. The van der Waals surface area contributed by atoms with Gasteiger partial charge in [0.15, 0.2) is 9.84 Å². The maximum absolute atomic E-state index is 13.2. The van der Waals surface area contributed by atoms with Gasteiger partial charge in [-0.2, -0.15) is 4.99 Å². The van der Waals surface area contributed by atoms with Crippen LogP contribution in [0.5, 0.6) is 0 Å². The Labute approximate surface area is 154 Å². The second-order valence-electron chi connectivity index (χ2n) is 5.21.